The number of fused-ring (bicyclic) bond motifs is 1. The first-order valence-corrected chi connectivity index (χ1v) is 6.47. The maximum absolute atomic E-state index is 5.68. The topological polar surface area (TPSA) is 38.9 Å². The van der Waals surface area contributed by atoms with Gasteiger partial charge in [0.1, 0.15) is 0 Å². The lowest BCUT2D eigenvalue weighted by Crippen LogP contribution is -1.99. The van der Waals surface area contributed by atoms with Gasteiger partial charge >= 0.3 is 0 Å². The number of pyridine rings is 1. The van der Waals surface area contributed by atoms with Crippen LogP contribution in [0.2, 0.25) is 0 Å². The Labute approximate surface area is 112 Å². The van der Waals surface area contributed by atoms with Gasteiger partial charge in [0.15, 0.2) is 0 Å². The number of hydrogen-bond donors (Lipinski definition) is 1. The number of hydrogen-bond acceptors (Lipinski definition) is 2. The Morgan fingerprint density at radius 2 is 1.79 bits per heavy atom. The van der Waals surface area contributed by atoms with Gasteiger partial charge < -0.3 is 5.73 Å². The lowest BCUT2D eigenvalue weighted by molar-refractivity contribution is 0.997. The Morgan fingerprint density at radius 1 is 0.947 bits per heavy atom. The molecular weight excluding hydrogens is 232 g/mol. The molecule has 0 bridgehead atoms. The summed E-state index contributed by atoms with van der Waals surface area (Å²) in [5.41, 5.74) is 9.26. The lowest BCUT2D eigenvalue weighted by Gasteiger charge is -2.08. The minimum absolute atomic E-state index is 0.482. The van der Waals surface area contributed by atoms with Crippen molar-refractivity contribution in [2.45, 2.75) is 13.0 Å². The zero-order chi connectivity index (χ0) is 13.1. The highest BCUT2D eigenvalue weighted by molar-refractivity contribution is 5.85. The fourth-order valence-electron chi connectivity index (χ4n) is 2.36. The van der Waals surface area contributed by atoms with Crippen LogP contribution in [0.4, 0.5) is 0 Å². The van der Waals surface area contributed by atoms with E-state index in [0.717, 1.165) is 12.1 Å². The molecule has 19 heavy (non-hydrogen) atoms. The van der Waals surface area contributed by atoms with Crippen LogP contribution in [0.25, 0.3) is 10.8 Å². The molecule has 2 aromatic carbocycles. The van der Waals surface area contributed by atoms with Gasteiger partial charge in [0, 0.05) is 18.1 Å². The first-order valence-electron chi connectivity index (χ1n) is 6.47. The maximum atomic E-state index is 5.68. The van der Waals surface area contributed by atoms with Crippen LogP contribution in [-0.2, 0) is 13.0 Å². The van der Waals surface area contributed by atoms with Gasteiger partial charge in [-0.05, 0) is 29.0 Å². The van der Waals surface area contributed by atoms with Crippen molar-refractivity contribution < 1.29 is 0 Å². The van der Waals surface area contributed by atoms with Gasteiger partial charge in [0.25, 0.3) is 0 Å². The Morgan fingerprint density at radius 3 is 2.58 bits per heavy atom. The Kier molecular flexibility index (Phi) is 3.25. The van der Waals surface area contributed by atoms with Gasteiger partial charge in [0.05, 0.1) is 5.69 Å². The predicted molar refractivity (Wildman–Crippen MR) is 78.9 cm³/mol. The van der Waals surface area contributed by atoms with Gasteiger partial charge in [-0.2, -0.15) is 0 Å². The summed E-state index contributed by atoms with van der Waals surface area (Å²) in [4.78, 5) is 4.35. The highest BCUT2D eigenvalue weighted by Gasteiger charge is 2.03. The third-order valence-electron chi connectivity index (χ3n) is 3.36. The van der Waals surface area contributed by atoms with E-state index in [4.69, 9.17) is 5.73 Å². The van der Waals surface area contributed by atoms with E-state index in [1.54, 1.807) is 0 Å². The van der Waals surface area contributed by atoms with Crippen molar-refractivity contribution >= 4 is 10.8 Å². The van der Waals surface area contributed by atoms with Crippen molar-refractivity contribution in [3.05, 3.63) is 77.6 Å². The van der Waals surface area contributed by atoms with E-state index in [1.165, 1.54) is 21.9 Å². The molecule has 0 aliphatic heterocycles. The molecule has 3 aromatic rings. The second-order valence-electron chi connectivity index (χ2n) is 4.68. The highest BCUT2D eigenvalue weighted by atomic mass is 14.7. The first kappa shape index (κ1) is 11.9. The molecule has 0 unspecified atom stereocenters. The Bertz CT molecular complexity index is 690. The predicted octanol–water partition coefficient (Wildman–Crippen LogP) is 3.28. The second kappa shape index (κ2) is 5.21. The number of benzene rings is 2. The molecule has 2 nitrogen and oxygen atoms in total. The molecule has 0 spiro atoms. The van der Waals surface area contributed by atoms with Crippen LogP contribution < -0.4 is 5.73 Å². The van der Waals surface area contributed by atoms with Gasteiger partial charge in [-0.1, -0.05) is 48.5 Å². The Hall–Kier alpha value is -2.19. The molecule has 0 atom stereocenters. The van der Waals surface area contributed by atoms with Gasteiger partial charge in [-0.15, -0.1) is 0 Å². The Balaban J connectivity index is 2.07. The average molecular weight is 248 g/mol. The summed E-state index contributed by atoms with van der Waals surface area (Å²) in [6.45, 7) is 0.482. The van der Waals surface area contributed by atoms with Gasteiger partial charge in [-0.25, -0.2) is 0 Å². The fourth-order valence-corrected chi connectivity index (χ4v) is 2.36. The van der Waals surface area contributed by atoms with Crippen LogP contribution in [-0.4, -0.2) is 4.98 Å². The summed E-state index contributed by atoms with van der Waals surface area (Å²) in [6, 6.07) is 19.0. The zero-order valence-electron chi connectivity index (χ0n) is 10.7. The van der Waals surface area contributed by atoms with Crippen LogP contribution >= 0.6 is 0 Å². The molecule has 1 heterocycles. The molecule has 0 fully saturated rings. The minimum Gasteiger partial charge on any atom is -0.325 e. The zero-order valence-corrected chi connectivity index (χ0v) is 10.7. The fraction of sp³-hybridized carbons (Fsp3) is 0.118. The van der Waals surface area contributed by atoms with Crippen LogP contribution in [0.5, 0.6) is 0 Å². The van der Waals surface area contributed by atoms with E-state index in [-0.39, 0.29) is 0 Å². The molecule has 0 aliphatic rings. The normalized spacial score (nSPS) is 10.8. The van der Waals surface area contributed by atoms with Crippen molar-refractivity contribution in [2.24, 2.45) is 5.73 Å². The lowest BCUT2D eigenvalue weighted by atomic mass is 9.99. The van der Waals surface area contributed by atoms with E-state index >= 15 is 0 Å². The molecule has 0 radical (unpaired) electrons. The van der Waals surface area contributed by atoms with E-state index in [1.807, 2.05) is 12.3 Å². The maximum Gasteiger partial charge on any atom is 0.0545 e. The summed E-state index contributed by atoms with van der Waals surface area (Å²) in [7, 11) is 0. The molecular formula is C17H16N2. The average Bonchev–Trinajstić information content (AvgIpc) is 2.48. The molecule has 0 amide bonds. The van der Waals surface area contributed by atoms with Crippen LogP contribution in [0, 0.1) is 0 Å². The van der Waals surface area contributed by atoms with Crippen LogP contribution in [0.1, 0.15) is 16.8 Å². The van der Waals surface area contributed by atoms with Crippen molar-refractivity contribution in [1.29, 1.82) is 0 Å². The molecule has 3 rings (SSSR count). The highest BCUT2D eigenvalue weighted by Crippen LogP contribution is 2.21. The minimum atomic E-state index is 0.482. The summed E-state index contributed by atoms with van der Waals surface area (Å²) in [5.74, 6) is 0. The van der Waals surface area contributed by atoms with E-state index in [2.05, 4.69) is 53.5 Å². The molecule has 0 aliphatic carbocycles. The van der Waals surface area contributed by atoms with E-state index < -0.39 is 0 Å². The van der Waals surface area contributed by atoms with Crippen molar-refractivity contribution in [1.82, 2.24) is 4.98 Å². The molecule has 2 N–H and O–H groups in total. The summed E-state index contributed by atoms with van der Waals surface area (Å²) < 4.78 is 0. The van der Waals surface area contributed by atoms with Crippen LogP contribution in [0.15, 0.2) is 60.8 Å². The smallest absolute Gasteiger partial charge is 0.0545 e. The SMILES string of the molecule is NCc1cc2c(Cc3ccccc3)cccc2cn1. The van der Waals surface area contributed by atoms with Crippen molar-refractivity contribution in [3.63, 3.8) is 0 Å². The number of rotatable bonds is 3. The van der Waals surface area contributed by atoms with E-state index in [9.17, 15) is 0 Å². The molecule has 1 aromatic heterocycles. The molecule has 0 saturated heterocycles. The molecule has 2 heteroatoms. The van der Waals surface area contributed by atoms with Gasteiger partial charge in [0.2, 0.25) is 0 Å². The third kappa shape index (κ3) is 2.49. The summed E-state index contributed by atoms with van der Waals surface area (Å²) in [5, 5.41) is 2.42. The number of nitrogens with two attached hydrogens (primary N) is 1. The monoisotopic (exact) mass is 248 g/mol. The number of aromatic nitrogens is 1. The summed E-state index contributed by atoms with van der Waals surface area (Å²) >= 11 is 0. The first-order chi connectivity index (χ1) is 9.36. The number of nitrogens with zero attached hydrogens (tertiary/aromatic N) is 1. The summed E-state index contributed by atoms with van der Waals surface area (Å²) in [6.07, 6.45) is 2.85. The largest absolute Gasteiger partial charge is 0.325 e. The van der Waals surface area contributed by atoms with Crippen LogP contribution in [0.3, 0.4) is 0 Å². The molecule has 0 saturated carbocycles. The second-order valence-corrected chi connectivity index (χ2v) is 4.68. The van der Waals surface area contributed by atoms with E-state index in [0.29, 0.717) is 6.54 Å². The van der Waals surface area contributed by atoms with Gasteiger partial charge in [-0.3, -0.25) is 4.98 Å². The van der Waals surface area contributed by atoms with Crippen molar-refractivity contribution in [3.8, 4) is 0 Å². The third-order valence-corrected chi connectivity index (χ3v) is 3.36. The van der Waals surface area contributed by atoms with Crippen molar-refractivity contribution in [2.75, 3.05) is 0 Å². The quantitative estimate of drug-likeness (QED) is 0.772. The molecule has 94 valence electrons. The standard InChI is InChI=1S/C17H16N2/c18-11-16-10-17-14(7-4-8-15(17)12-19-16)9-13-5-2-1-3-6-13/h1-8,10,12H,9,11,18H2.